The first-order valence-corrected chi connectivity index (χ1v) is 4.72. The van der Waals surface area contributed by atoms with Crippen LogP contribution in [0.5, 0.6) is 0 Å². The van der Waals surface area contributed by atoms with Crippen LogP contribution in [0.1, 0.15) is 5.56 Å². The summed E-state index contributed by atoms with van der Waals surface area (Å²) in [6.07, 6.45) is 0. The van der Waals surface area contributed by atoms with Crippen molar-refractivity contribution in [1.29, 1.82) is 0 Å². The molecule has 3 heteroatoms. The molecule has 1 aromatic heterocycles. The summed E-state index contributed by atoms with van der Waals surface area (Å²) in [5, 5.41) is 0.941. The molecular weight excluding hydrogens is 190 g/mol. The van der Waals surface area contributed by atoms with Crippen LogP contribution in [0.4, 0.5) is 5.69 Å². The Morgan fingerprint density at radius 1 is 1.40 bits per heavy atom. The Balaban J connectivity index is 2.93. The maximum Gasteiger partial charge on any atom is 0.338 e. The quantitative estimate of drug-likeness (QED) is 0.663. The Bertz CT molecular complexity index is 555. The molecule has 0 unspecified atom stereocenters. The van der Waals surface area contributed by atoms with E-state index in [1.165, 1.54) is 6.07 Å². The van der Waals surface area contributed by atoms with Crippen molar-refractivity contribution in [2.75, 3.05) is 19.0 Å². The number of benzene rings is 1. The lowest BCUT2D eigenvalue weighted by Crippen LogP contribution is -2.12. The first kappa shape index (κ1) is 9.77. The van der Waals surface area contributed by atoms with Gasteiger partial charge in [0.2, 0.25) is 0 Å². The smallest absolute Gasteiger partial charge is 0.338 e. The van der Waals surface area contributed by atoms with Gasteiger partial charge in [-0.25, -0.2) is 4.79 Å². The first-order chi connectivity index (χ1) is 7.09. The molecule has 0 fully saturated rings. The topological polar surface area (TPSA) is 33.5 Å². The van der Waals surface area contributed by atoms with Crippen molar-refractivity contribution in [3.63, 3.8) is 0 Å². The summed E-state index contributed by atoms with van der Waals surface area (Å²) in [6, 6.07) is 8.26. The highest BCUT2D eigenvalue weighted by atomic mass is 16.4. The third-order valence-electron chi connectivity index (χ3n) is 2.35. The SMILES string of the molecule is Cc1[c]ccc2c(N(C)C)cc(=O)oc12. The van der Waals surface area contributed by atoms with Gasteiger partial charge >= 0.3 is 5.63 Å². The molecule has 0 saturated carbocycles. The second-order valence-corrected chi connectivity index (χ2v) is 3.69. The molecule has 0 aliphatic heterocycles. The highest BCUT2D eigenvalue weighted by Crippen LogP contribution is 2.25. The van der Waals surface area contributed by atoms with E-state index in [4.69, 9.17) is 4.42 Å². The molecular formula is C12H12NO2. The molecule has 0 N–H and O–H groups in total. The Morgan fingerprint density at radius 3 is 2.80 bits per heavy atom. The van der Waals surface area contributed by atoms with E-state index in [0.717, 1.165) is 16.6 Å². The van der Waals surface area contributed by atoms with Gasteiger partial charge in [-0.2, -0.15) is 0 Å². The minimum atomic E-state index is -0.325. The van der Waals surface area contributed by atoms with Gasteiger partial charge in [0.15, 0.2) is 0 Å². The summed E-state index contributed by atoms with van der Waals surface area (Å²) < 4.78 is 5.17. The van der Waals surface area contributed by atoms with Crippen LogP contribution in [-0.4, -0.2) is 14.1 Å². The minimum Gasteiger partial charge on any atom is -0.422 e. The molecule has 3 nitrogen and oxygen atoms in total. The van der Waals surface area contributed by atoms with Gasteiger partial charge in [0.25, 0.3) is 0 Å². The van der Waals surface area contributed by atoms with E-state index in [0.29, 0.717) is 5.58 Å². The largest absolute Gasteiger partial charge is 0.422 e. The normalized spacial score (nSPS) is 10.6. The fraction of sp³-hybridized carbons (Fsp3) is 0.250. The van der Waals surface area contributed by atoms with Gasteiger partial charge in [0.1, 0.15) is 5.58 Å². The molecule has 0 aliphatic rings. The number of rotatable bonds is 1. The maximum atomic E-state index is 11.4. The van der Waals surface area contributed by atoms with E-state index in [-0.39, 0.29) is 5.63 Å². The van der Waals surface area contributed by atoms with Crippen LogP contribution >= 0.6 is 0 Å². The fourth-order valence-corrected chi connectivity index (χ4v) is 1.62. The zero-order chi connectivity index (χ0) is 11.0. The van der Waals surface area contributed by atoms with Gasteiger partial charge in [-0.1, -0.05) is 6.07 Å². The minimum absolute atomic E-state index is 0.325. The van der Waals surface area contributed by atoms with Crippen molar-refractivity contribution in [2.45, 2.75) is 6.92 Å². The Labute approximate surface area is 87.9 Å². The van der Waals surface area contributed by atoms with Gasteiger partial charge in [-0.3, -0.25) is 0 Å². The number of nitrogens with zero attached hydrogens (tertiary/aromatic N) is 1. The second kappa shape index (κ2) is 3.42. The standard InChI is InChI=1S/C12H12NO2/c1-8-5-4-6-9-10(13(2)3)7-11(14)15-12(8)9/h4,6-7H,1-3H3. The van der Waals surface area contributed by atoms with Crippen LogP contribution in [0, 0.1) is 13.0 Å². The predicted octanol–water partition coefficient (Wildman–Crippen LogP) is 1.97. The van der Waals surface area contributed by atoms with Crippen LogP contribution in [0.2, 0.25) is 0 Å². The van der Waals surface area contributed by atoms with Gasteiger partial charge in [0, 0.05) is 31.1 Å². The lowest BCUT2D eigenvalue weighted by Gasteiger charge is -2.14. The average Bonchev–Trinajstić information content (AvgIpc) is 2.18. The monoisotopic (exact) mass is 202 g/mol. The molecule has 0 spiro atoms. The summed E-state index contributed by atoms with van der Waals surface area (Å²) >= 11 is 0. The molecule has 1 heterocycles. The fourth-order valence-electron chi connectivity index (χ4n) is 1.62. The lowest BCUT2D eigenvalue weighted by molar-refractivity contribution is 0.558. The first-order valence-electron chi connectivity index (χ1n) is 4.72. The molecule has 2 rings (SSSR count). The molecule has 1 aromatic carbocycles. The zero-order valence-corrected chi connectivity index (χ0v) is 9.00. The van der Waals surface area contributed by atoms with E-state index in [1.54, 1.807) is 0 Å². The molecule has 77 valence electrons. The van der Waals surface area contributed by atoms with Crippen molar-refractivity contribution >= 4 is 16.7 Å². The van der Waals surface area contributed by atoms with Crippen molar-refractivity contribution in [2.24, 2.45) is 0 Å². The molecule has 0 aliphatic carbocycles. The molecule has 2 aromatic rings. The predicted molar refractivity (Wildman–Crippen MR) is 60.4 cm³/mol. The van der Waals surface area contributed by atoms with Crippen molar-refractivity contribution in [1.82, 2.24) is 0 Å². The molecule has 1 radical (unpaired) electrons. The summed E-state index contributed by atoms with van der Waals surface area (Å²) in [4.78, 5) is 13.3. The van der Waals surface area contributed by atoms with E-state index in [2.05, 4.69) is 6.07 Å². The zero-order valence-electron chi connectivity index (χ0n) is 9.00. The van der Waals surface area contributed by atoms with Crippen LogP contribution < -0.4 is 10.5 Å². The third kappa shape index (κ3) is 1.61. The van der Waals surface area contributed by atoms with Gasteiger partial charge in [-0.05, 0) is 19.1 Å². The summed E-state index contributed by atoms with van der Waals surface area (Å²) in [7, 11) is 3.81. The van der Waals surface area contributed by atoms with Crippen LogP contribution in [-0.2, 0) is 0 Å². The van der Waals surface area contributed by atoms with Crippen LogP contribution in [0.15, 0.2) is 27.4 Å². The maximum absolute atomic E-state index is 11.4. The highest BCUT2D eigenvalue weighted by Gasteiger charge is 2.08. The molecule has 0 saturated heterocycles. The second-order valence-electron chi connectivity index (χ2n) is 3.69. The molecule has 0 atom stereocenters. The number of aryl methyl sites for hydroxylation is 1. The Morgan fingerprint density at radius 2 is 2.13 bits per heavy atom. The number of hydrogen-bond donors (Lipinski definition) is 0. The summed E-state index contributed by atoms with van der Waals surface area (Å²) in [5.74, 6) is 0. The number of hydrogen-bond acceptors (Lipinski definition) is 3. The van der Waals surface area contributed by atoms with E-state index < -0.39 is 0 Å². The molecule has 0 amide bonds. The summed E-state index contributed by atoms with van der Waals surface area (Å²) in [5.41, 5.74) is 2.02. The lowest BCUT2D eigenvalue weighted by atomic mass is 10.1. The molecule has 15 heavy (non-hydrogen) atoms. The molecule has 0 bridgehead atoms. The van der Waals surface area contributed by atoms with Crippen LogP contribution in [0.25, 0.3) is 11.0 Å². The van der Waals surface area contributed by atoms with Gasteiger partial charge in [-0.15, -0.1) is 0 Å². The van der Waals surface area contributed by atoms with Crippen molar-refractivity contribution < 1.29 is 4.42 Å². The highest BCUT2D eigenvalue weighted by molar-refractivity contribution is 5.91. The van der Waals surface area contributed by atoms with E-state index in [9.17, 15) is 4.79 Å². The van der Waals surface area contributed by atoms with Crippen LogP contribution in [0.3, 0.4) is 0 Å². The van der Waals surface area contributed by atoms with E-state index in [1.807, 2.05) is 38.1 Å². The Hall–Kier alpha value is -1.77. The van der Waals surface area contributed by atoms with Crippen molar-refractivity contribution in [3.8, 4) is 0 Å². The average molecular weight is 202 g/mol. The number of fused-ring (bicyclic) bond motifs is 1. The van der Waals surface area contributed by atoms with Gasteiger partial charge in [0.05, 0.1) is 5.69 Å². The van der Waals surface area contributed by atoms with Crippen molar-refractivity contribution in [3.05, 3.63) is 40.2 Å². The van der Waals surface area contributed by atoms with Gasteiger partial charge < -0.3 is 9.32 Å². The summed E-state index contributed by atoms with van der Waals surface area (Å²) in [6.45, 7) is 1.88. The third-order valence-corrected chi connectivity index (χ3v) is 2.35. The number of anilines is 1. The van der Waals surface area contributed by atoms with E-state index >= 15 is 0 Å². The Kier molecular flexibility index (Phi) is 2.23.